The van der Waals surface area contributed by atoms with Crippen LogP contribution in [0, 0.1) is 15.9 Å². The molecule has 0 saturated carbocycles. The van der Waals surface area contributed by atoms with E-state index in [0.29, 0.717) is 5.56 Å². The van der Waals surface area contributed by atoms with Crippen LogP contribution in [0.3, 0.4) is 0 Å². The Balaban J connectivity index is 1.49. The lowest BCUT2D eigenvalue weighted by Gasteiger charge is -2.13. The van der Waals surface area contributed by atoms with Gasteiger partial charge in [0, 0.05) is 29.8 Å². The molecule has 31 heavy (non-hydrogen) atoms. The summed E-state index contributed by atoms with van der Waals surface area (Å²) < 4.78 is 23.1. The van der Waals surface area contributed by atoms with E-state index in [-0.39, 0.29) is 41.7 Å². The van der Waals surface area contributed by atoms with Crippen LogP contribution in [0.25, 0.3) is 11.4 Å². The summed E-state index contributed by atoms with van der Waals surface area (Å²) in [6.07, 6.45) is -1.14. The summed E-state index contributed by atoms with van der Waals surface area (Å²) in [5.41, 5.74) is 0.591. The highest BCUT2D eigenvalue weighted by Gasteiger charge is 2.19. The number of rotatable bonds is 8. The number of aromatic nitrogens is 2. The maximum Gasteiger partial charge on any atom is 0.307 e. The number of esters is 1. The zero-order valence-corrected chi connectivity index (χ0v) is 16.3. The van der Waals surface area contributed by atoms with Gasteiger partial charge < -0.3 is 14.6 Å². The summed E-state index contributed by atoms with van der Waals surface area (Å²) in [6.45, 7) is 1.38. The number of non-ortho nitro benzene ring substituents is 1. The molecule has 2 aromatic carbocycles. The Hall–Kier alpha value is -4.15. The van der Waals surface area contributed by atoms with Crippen molar-refractivity contribution in [3.05, 3.63) is 70.4 Å². The Kier molecular flexibility index (Phi) is 6.65. The molecular formula is C20H17FN4O6. The topological polar surface area (TPSA) is 137 Å². The lowest BCUT2D eigenvalue weighted by molar-refractivity contribution is -0.384. The molecule has 0 fully saturated rings. The van der Waals surface area contributed by atoms with E-state index < -0.39 is 22.9 Å². The highest BCUT2D eigenvalue weighted by molar-refractivity contribution is 5.95. The predicted octanol–water partition coefficient (Wildman–Crippen LogP) is 3.29. The Morgan fingerprint density at radius 1 is 1.26 bits per heavy atom. The third-order valence-corrected chi connectivity index (χ3v) is 4.12. The number of carbonyl (C=O) groups excluding carboxylic acids is 2. The number of aryl methyl sites for hydroxylation is 1. The van der Waals surface area contributed by atoms with Gasteiger partial charge in [-0.15, -0.1) is 0 Å². The zero-order valence-electron chi connectivity index (χ0n) is 16.3. The minimum Gasteiger partial charge on any atom is -0.453 e. The van der Waals surface area contributed by atoms with E-state index in [1.165, 1.54) is 55.5 Å². The van der Waals surface area contributed by atoms with Crippen LogP contribution < -0.4 is 5.32 Å². The van der Waals surface area contributed by atoms with Gasteiger partial charge in [-0.3, -0.25) is 19.7 Å². The van der Waals surface area contributed by atoms with Gasteiger partial charge in [-0.05, 0) is 37.3 Å². The van der Waals surface area contributed by atoms with Crippen LogP contribution in [-0.4, -0.2) is 33.0 Å². The van der Waals surface area contributed by atoms with Crippen molar-refractivity contribution in [1.29, 1.82) is 0 Å². The molecule has 0 saturated heterocycles. The normalized spacial score (nSPS) is 11.5. The molecule has 0 aliphatic heterocycles. The van der Waals surface area contributed by atoms with Crippen molar-refractivity contribution in [2.24, 2.45) is 0 Å². The summed E-state index contributed by atoms with van der Waals surface area (Å²) in [6, 6.07) is 10.9. The average Bonchev–Trinajstić information content (AvgIpc) is 3.22. The minimum atomic E-state index is -1.12. The van der Waals surface area contributed by atoms with Crippen molar-refractivity contribution >= 4 is 23.3 Å². The van der Waals surface area contributed by atoms with Gasteiger partial charge in [0.2, 0.25) is 11.7 Å². The van der Waals surface area contributed by atoms with E-state index in [0.717, 1.165) is 0 Å². The number of anilines is 1. The van der Waals surface area contributed by atoms with E-state index in [4.69, 9.17) is 9.26 Å². The zero-order chi connectivity index (χ0) is 22.4. The quantitative estimate of drug-likeness (QED) is 0.328. The van der Waals surface area contributed by atoms with Crippen molar-refractivity contribution in [3.8, 4) is 11.4 Å². The molecule has 0 aliphatic carbocycles. The number of hydrogen-bond donors (Lipinski definition) is 1. The summed E-state index contributed by atoms with van der Waals surface area (Å²) in [7, 11) is 0. The molecule has 3 aromatic rings. The van der Waals surface area contributed by atoms with Gasteiger partial charge in [0.1, 0.15) is 5.82 Å². The molecule has 3 rings (SSSR count). The monoisotopic (exact) mass is 428 g/mol. The summed E-state index contributed by atoms with van der Waals surface area (Å²) in [5.74, 6) is -1.25. The van der Waals surface area contributed by atoms with E-state index >= 15 is 0 Å². The van der Waals surface area contributed by atoms with Crippen LogP contribution >= 0.6 is 0 Å². The second kappa shape index (κ2) is 9.57. The lowest BCUT2D eigenvalue weighted by atomic mass is 10.2. The number of ether oxygens (including phenoxy) is 1. The molecule has 160 valence electrons. The van der Waals surface area contributed by atoms with Crippen LogP contribution in [0.4, 0.5) is 15.8 Å². The molecule has 1 N–H and O–H groups in total. The Morgan fingerprint density at radius 2 is 2.00 bits per heavy atom. The van der Waals surface area contributed by atoms with Crippen LogP contribution in [-0.2, 0) is 20.7 Å². The molecule has 1 amide bonds. The number of nitrogens with one attached hydrogen (secondary N) is 1. The van der Waals surface area contributed by atoms with Crippen molar-refractivity contribution in [2.75, 3.05) is 5.32 Å². The molecular weight excluding hydrogens is 411 g/mol. The molecule has 0 aliphatic rings. The van der Waals surface area contributed by atoms with Crippen LogP contribution in [0.5, 0.6) is 0 Å². The Bertz CT molecular complexity index is 1100. The average molecular weight is 428 g/mol. The summed E-state index contributed by atoms with van der Waals surface area (Å²) in [5, 5.41) is 17.0. The van der Waals surface area contributed by atoms with Gasteiger partial charge in [-0.2, -0.15) is 4.98 Å². The van der Waals surface area contributed by atoms with Gasteiger partial charge in [0.05, 0.1) is 11.3 Å². The van der Waals surface area contributed by atoms with Crippen LogP contribution in [0.15, 0.2) is 53.1 Å². The maximum atomic E-state index is 13.0. The Labute approximate surface area is 175 Å². The molecule has 1 unspecified atom stereocenters. The second-order valence-corrected chi connectivity index (χ2v) is 6.45. The third kappa shape index (κ3) is 5.92. The lowest BCUT2D eigenvalue weighted by Crippen LogP contribution is -2.30. The highest BCUT2D eigenvalue weighted by atomic mass is 19.1. The summed E-state index contributed by atoms with van der Waals surface area (Å²) in [4.78, 5) is 38.5. The molecule has 1 aromatic heterocycles. The van der Waals surface area contributed by atoms with Crippen molar-refractivity contribution in [2.45, 2.75) is 25.9 Å². The standard InChI is InChI=1S/C20H17FN4O6/c1-12(20(27)22-15-3-2-4-16(11-15)25(28)29)30-18(26)10-9-17-23-19(24-31-17)13-5-7-14(21)8-6-13/h2-8,11-12H,9-10H2,1H3,(H,22,27). The molecule has 11 heteroatoms. The molecule has 0 spiro atoms. The molecule has 1 atom stereocenters. The summed E-state index contributed by atoms with van der Waals surface area (Å²) >= 11 is 0. The molecule has 0 bridgehead atoms. The number of nitro benzene ring substituents is 1. The first-order chi connectivity index (χ1) is 14.8. The number of halogens is 1. The van der Waals surface area contributed by atoms with E-state index in [2.05, 4.69) is 15.5 Å². The molecule has 1 heterocycles. The highest BCUT2D eigenvalue weighted by Crippen LogP contribution is 2.18. The number of nitrogens with zero attached hydrogens (tertiary/aromatic N) is 3. The fourth-order valence-corrected chi connectivity index (χ4v) is 2.53. The van der Waals surface area contributed by atoms with Crippen LogP contribution in [0.1, 0.15) is 19.2 Å². The number of hydrogen-bond acceptors (Lipinski definition) is 8. The van der Waals surface area contributed by atoms with Crippen molar-refractivity contribution < 1.29 is 28.2 Å². The molecule has 0 radical (unpaired) electrons. The van der Waals surface area contributed by atoms with Gasteiger partial charge in [0.25, 0.3) is 11.6 Å². The number of benzene rings is 2. The maximum absolute atomic E-state index is 13.0. The first-order valence-electron chi connectivity index (χ1n) is 9.15. The first kappa shape index (κ1) is 21.6. The minimum absolute atomic E-state index is 0.0895. The number of amides is 1. The third-order valence-electron chi connectivity index (χ3n) is 4.12. The van der Waals surface area contributed by atoms with E-state index in [9.17, 15) is 24.1 Å². The van der Waals surface area contributed by atoms with Gasteiger partial charge >= 0.3 is 5.97 Å². The SMILES string of the molecule is CC(OC(=O)CCc1nc(-c2ccc(F)cc2)no1)C(=O)Nc1cccc([N+](=O)[O-])c1. The van der Waals surface area contributed by atoms with Gasteiger partial charge in [-0.25, -0.2) is 4.39 Å². The second-order valence-electron chi connectivity index (χ2n) is 6.45. The predicted molar refractivity (Wildman–Crippen MR) is 105 cm³/mol. The van der Waals surface area contributed by atoms with E-state index in [1.807, 2.05) is 0 Å². The fraction of sp³-hybridized carbons (Fsp3) is 0.200. The number of nitro groups is 1. The van der Waals surface area contributed by atoms with E-state index in [1.54, 1.807) is 0 Å². The number of carbonyl (C=O) groups is 2. The van der Waals surface area contributed by atoms with Gasteiger partial charge in [0.15, 0.2) is 6.10 Å². The first-order valence-corrected chi connectivity index (χ1v) is 9.15. The van der Waals surface area contributed by atoms with Crippen molar-refractivity contribution in [1.82, 2.24) is 10.1 Å². The van der Waals surface area contributed by atoms with Crippen LogP contribution in [0.2, 0.25) is 0 Å². The smallest absolute Gasteiger partial charge is 0.307 e. The largest absolute Gasteiger partial charge is 0.453 e. The molecule has 10 nitrogen and oxygen atoms in total. The fourth-order valence-electron chi connectivity index (χ4n) is 2.53. The Morgan fingerprint density at radius 3 is 2.71 bits per heavy atom. The van der Waals surface area contributed by atoms with Gasteiger partial charge in [-0.1, -0.05) is 11.2 Å². The van der Waals surface area contributed by atoms with Crippen molar-refractivity contribution in [3.63, 3.8) is 0 Å².